The number of benzene rings is 4. The zero-order valence-electron chi connectivity index (χ0n) is 40.5. The smallest absolute Gasteiger partial charge is 0.217 e. The number of allylic oxidation sites excluding steroid dienone is 1. The van der Waals surface area contributed by atoms with E-state index in [1.54, 1.807) is 12.5 Å². The number of amides is 1. The standard InChI is InChI=1S/C16H22N2O.C14H19NO.C14H17NO.C14H17N/c1-12(19)17-15-11-16(7-9-18(2)10-8-16)14-6-4-3-5-13(14)15;2*1-15-8-6-14(7-9-15)10-13(16)11-4-2-3-5-12(11)14;1-15-10-8-14(9-11-15)7-6-12-4-2-3-5-13(12)14/h3-6,15H,7-11H2,1-2H3,(H,17,19);2-5,13,16H,6-10H2,1H3;2-5H,6-10H2,1H3;2-7H,8-11H2,1H3. The summed E-state index contributed by atoms with van der Waals surface area (Å²) in [5.41, 5.74) is 11.8. The fraction of sp³-hybridized carbons (Fsp3) is 0.517. The lowest BCUT2D eigenvalue weighted by molar-refractivity contribution is -0.119. The van der Waals surface area contributed by atoms with Crippen molar-refractivity contribution in [3.8, 4) is 0 Å². The second kappa shape index (κ2) is 19.3. The summed E-state index contributed by atoms with van der Waals surface area (Å²) >= 11 is 0. The van der Waals surface area contributed by atoms with Crippen LogP contribution in [0.2, 0.25) is 0 Å². The van der Waals surface area contributed by atoms with Crippen LogP contribution in [0.15, 0.2) is 103 Å². The lowest BCUT2D eigenvalue weighted by Crippen LogP contribution is -2.40. The van der Waals surface area contributed by atoms with Crippen molar-refractivity contribution in [3.63, 3.8) is 0 Å². The van der Waals surface area contributed by atoms with E-state index >= 15 is 0 Å². The van der Waals surface area contributed by atoms with Crippen molar-refractivity contribution in [3.05, 3.63) is 148 Å². The van der Waals surface area contributed by atoms with Crippen molar-refractivity contribution in [2.45, 2.75) is 111 Å². The Labute approximate surface area is 395 Å². The monoisotopic (exact) mass is 890 g/mol. The molecule has 12 rings (SSSR count). The minimum Gasteiger partial charge on any atom is -0.388 e. The molecule has 0 aromatic heterocycles. The highest BCUT2D eigenvalue weighted by atomic mass is 16.3. The quantitative estimate of drug-likeness (QED) is 0.198. The maximum atomic E-state index is 12.0. The van der Waals surface area contributed by atoms with Crippen molar-refractivity contribution >= 4 is 17.8 Å². The molecule has 4 aromatic rings. The Bertz CT molecular complexity index is 2370. The number of hydrogen-bond acceptors (Lipinski definition) is 7. The molecule has 4 fully saturated rings. The predicted molar refractivity (Wildman–Crippen MR) is 268 cm³/mol. The Kier molecular flexibility index (Phi) is 13.6. The van der Waals surface area contributed by atoms with Crippen LogP contribution in [0.25, 0.3) is 6.08 Å². The number of rotatable bonds is 1. The van der Waals surface area contributed by atoms with Crippen LogP contribution in [0.4, 0.5) is 0 Å². The van der Waals surface area contributed by atoms with Gasteiger partial charge in [0.1, 0.15) is 0 Å². The largest absolute Gasteiger partial charge is 0.388 e. The van der Waals surface area contributed by atoms with Gasteiger partial charge in [0.25, 0.3) is 0 Å². The zero-order chi connectivity index (χ0) is 46.1. The number of carbonyl (C=O) groups excluding carboxylic acids is 2. The van der Waals surface area contributed by atoms with Crippen LogP contribution in [0.3, 0.4) is 0 Å². The highest BCUT2D eigenvalue weighted by molar-refractivity contribution is 6.02. The molecule has 0 saturated carbocycles. The molecule has 2 unspecified atom stereocenters. The van der Waals surface area contributed by atoms with Crippen LogP contribution in [0.1, 0.15) is 139 Å². The summed E-state index contributed by atoms with van der Waals surface area (Å²) < 4.78 is 0. The van der Waals surface area contributed by atoms with Crippen LogP contribution in [-0.4, -0.2) is 117 Å². The number of likely N-dealkylation sites (tertiary alicyclic amines) is 4. The molecule has 2 N–H and O–H groups in total. The van der Waals surface area contributed by atoms with E-state index in [1.807, 2.05) is 18.2 Å². The van der Waals surface area contributed by atoms with Gasteiger partial charge in [0.2, 0.25) is 5.91 Å². The van der Waals surface area contributed by atoms with Crippen LogP contribution < -0.4 is 5.32 Å². The van der Waals surface area contributed by atoms with Gasteiger partial charge in [0.05, 0.1) is 12.1 Å². The second-order valence-corrected chi connectivity index (χ2v) is 21.6. The van der Waals surface area contributed by atoms with E-state index in [4.69, 9.17) is 0 Å². The van der Waals surface area contributed by atoms with Crippen molar-refractivity contribution in [2.75, 3.05) is 80.5 Å². The molecule has 350 valence electrons. The van der Waals surface area contributed by atoms with Crippen LogP contribution >= 0.6 is 0 Å². The number of Topliss-reactive ketones (excluding diaryl/α,β-unsaturated/α-hetero) is 1. The number of carbonyl (C=O) groups is 2. The number of nitrogens with zero attached hydrogens (tertiary/aromatic N) is 4. The van der Waals surface area contributed by atoms with Gasteiger partial charge in [0.15, 0.2) is 5.78 Å². The average molecular weight is 890 g/mol. The van der Waals surface area contributed by atoms with Crippen LogP contribution in [0.5, 0.6) is 0 Å². The fourth-order valence-corrected chi connectivity index (χ4v) is 13.2. The fourth-order valence-electron chi connectivity index (χ4n) is 13.2. The van der Waals surface area contributed by atoms with E-state index in [-0.39, 0.29) is 34.3 Å². The van der Waals surface area contributed by atoms with Gasteiger partial charge in [-0.15, -0.1) is 0 Å². The molecule has 66 heavy (non-hydrogen) atoms. The molecular weight excluding hydrogens is 815 g/mol. The summed E-state index contributed by atoms with van der Waals surface area (Å²) in [6, 6.07) is 34.4. The minimum atomic E-state index is -0.236. The third kappa shape index (κ3) is 9.25. The Morgan fingerprint density at radius 2 is 0.985 bits per heavy atom. The first-order valence-electron chi connectivity index (χ1n) is 25.1. The van der Waals surface area contributed by atoms with E-state index in [0.717, 1.165) is 76.9 Å². The van der Waals surface area contributed by atoms with Crippen molar-refractivity contribution < 1.29 is 14.7 Å². The van der Waals surface area contributed by atoms with Crippen molar-refractivity contribution in [2.24, 2.45) is 0 Å². The molecule has 8 nitrogen and oxygen atoms in total. The Morgan fingerprint density at radius 1 is 0.545 bits per heavy atom. The number of hydrogen-bond donors (Lipinski definition) is 2. The predicted octanol–water partition coefficient (Wildman–Crippen LogP) is 9.23. The molecule has 4 spiro atoms. The molecule has 0 radical (unpaired) electrons. The van der Waals surface area contributed by atoms with Gasteiger partial charge in [-0.1, -0.05) is 109 Å². The highest BCUT2D eigenvalue weighted by Gasteiger charge is 2.47. The first-order valence-corrected chi connectivity index (χ1v) is 25.1. The molecule has 4 heterocycles. The first kappa shape index (κ1) is 46.7. The SMILES string of the molecule is CC(=O)NC1CC2(CCN(C)CC2)c2ccccc21.CN1CCC2(C=Cc3ccccc32)CC1.CN1CCC2(CC1)CC(=O)c1ccccc12.CN1CCC2(CC1)CC(O)c1ccccc12. The number of aliphatic hydroxyl groups excluding tert-OH is 1. The van der Waals surface area contributed by atoms with Crippen LogP contribution in [-0.2, 0) is 26.5 Å². The number of nitrogens with one attached hydrogen (secondary N) is 1. The van der Waals surface area contributed by atoms with Gasteiger partial charge in [-0.3, -0.25) is 9.59 Å². The summed E-state index contributed by atoms with van der Waals surface area (Å²) in [6.07, 6.45) is 16.8. The third-order valence-corrected chi connectivity index (χ3v) is 17.4. The van der Waals surface area contributed by atoms with E-state index in [9.17, 15) is 14.7 Å². The molecular formula is C58H75N5O3. The highest BCUT2D eigenvalue weighted by Crippen LogP contribution is 2.52. The lowest BCUT2D eigenvalue weighted by Gasteiger charge is -2.39. The zero-order valence-corrected chi connectivity index (χ0v) is 40.5. The maximum Gasteiger partial charge on any atom is 0.217 e. The third-order valence-electron chi connectivity index (χ3n) is 17.4. The molecule has 4 aromatic carbocycles. The van der Waals surface area contributed by atoms with Crippen molar-refractivity contribution in [1.29, 1.82) is 0 Å². The molecule has 2 atom stereocenters. The normalized spacial score (nSPS) is 25.2. The van der Waals surface area contributed by atoms with E-state index in [2.05, 4.69) is 144 Å². The summed E-state index contributed by atoms with van der Waals surface area (Å²) in [5.74, 6) is 0.421. The lowest BCUT2D eigenvalue weighted by atomic mass is 9.74. The van der Waals surface area contributed by atoms with Crippen molar-refractivity contribution in [1.82, 2.24) is 24.9 Å². The number of ketones is 1. The summed E-state index contributed by atoms with van der Waals surface area (Å²) in [4.78, 5) is 33.0. The Hall–Kier alpha value is -4.44. The molecule has 0 bridgehead atoms. The Morgan fingerprint density at radius 3 is 1.56 bits per heavy atom. The van der Waals surface area contributed by atoms with E-state index in [0.29, 0.717) is 11.2 Å². The summed E-state index contributed by atoms with van der Waals surface area (Å²) in [5, 5.41) is 13.3. The van der Waals surface area contributed by atoms with Gasteiger partial charge in [-0.05, 0) is 184 Å². The topological polar surface area (TPSA) is 79.4 Å². The van der Waals surface area contributed by atoms with Gasteiger partial charge >= 0.3 is 0 Å². The molecule has 4 saturated heterocycles. The number of aliphatic hydroxyl groups is 1. The number of piperidine rings is 4. The number of fused-ring (bicyclic) bond motifs is 8. The van der Waals surface area contributed by atoms with Gasteiger partial charge in [0, 0.05) is 40.6 Å². The molecule has 8 aliphatic rings. The Balaban J connectivity index is 0.000000111. The average Bonchev–Trinajstić information content (AvgIpc) is 4.02. The van der Waals surface area contributed by atoms with Gasteiger partial charge < -0.3 is 30.0 Å². The second-order valence-electron chi connectivity index (χ2n) is 21.6. The maximum absolute atomic E-state index is 12.0. The summed E-state index contributed by atoms with van der Waals surface area (Å²) in [7, 11) is 8.76. The molecule has 4 aliphatic carbocycles. The van der Waals surface area contributed by atoms with Crippen LogP contribution in [0, 0.1) is 0 Å². The minimum absolute atomic E-state index is 0.0739. The van der Waals surface area contributed by atoms with E-state index in [1.165, 1.54) is 85.0 Å². The van der Waals surface area contributed by atoms with E-state index < -0.39 is 0 Å². The van der Waals surface area contributed by atoms with Gasteiger partial charge in [-0.25, -0.2) is 0 Å². The van der Waals surface area contributed by atoms with Gasteiger partial charge in [-0.2, -0.15) is 0 Å². The molecule has 4 aliphatic heterocycles. The first-order chi connectivity index (χ1) is 31.8. The summed E-state index contributed by atoms with van der Waals surface area (Å²) in [6.45, 7) is 10.9. The molecule has 1 amide bonds. The molecule has 8 heteroatoms.